The van der Waals surface area contributed by atoms with E-state index in [1.807, 2.05) is 0 Å². The second-order valence-electron chi connectivity index (χ2n) is 3.83. The number of thiocarbonyl (C=S) groups is 1. The smallest absolute Gasteiger partial charge is 0.217 e. The van der Waals surface area contributed by atoms with Gasteiger partial charge in [-0.1, -0.05) is 18.6 Å². The van der Waals surface area contributed by atoms with Crippen molar-refractivity contribution in [1.29, 1.82) is 0 Å². The molecule has 1 aliphatic rings. The standard InChI is InChI=1S/C9H18N2O3S2/c1-14-6-7-16(12,13)11-5-3-2-4-8(11)9(10)15/h8H,2-7H2,1H3,(H2,10,15). The van der Waals surface area contributed by atoms with Crippen molar-refractivity contribution >= 4 is 27.2 Å². The molecular formula is C9H18N2O3S2. The molecule has 1 atom stereocenters. The van der Waals surface area contributed by atoms with Crippen LogP contribution in [-0.2, 0) is 14.8 Å². The van der Waals surface area contributed by atoms with Crippen LogP contribution in [0.3, 0.4) is 0 Å². The molecule has 2 N–H and O–H groups in total. The molecule has 0 amide bonds. The van der Waals surface area contributed by atoms with E-state index in [0.717, 1.165) is 19.3 Å². The Morgan fingerprint density at radius 1 is 1.56 bits per heavy atom. The Kier molecular flexibility index (Phi) is 5.10. The lowest BCUT2D eigenvalue weighted by atomic mass is 10.1. The van der Waals surface area contributed by atoms with Crippen molar-refractivity contribution in [3.63, 3.8) is 0 Å². The van der Waals surface area contributed by atoms with Gasteiger partial charge in [0, 0.05) is 13.7 Å². The molecule has 1 fully saturated rings. The van der Waals surface area contributed by atoms with Crippen LogP contribution in [0.1, 0.15) is 19.3 Å². The molecule has 1 aliphatic heterocycles. The summed E-state index contributed by atoms with van der Waals surface area (Å²) in [5.74, 6) is -0.0113. The first-order valence-corrected chi connectivity index (χ1v) is 7.28. The Balaban J connectivity index is 2.78. The number of sulfonamides is 1. The highest BCUT2D eigenvalue weighted by Gasteiger charge is 2.33. The van der Waals surface area contributed by atoms with Gasteiger partial charge in [0.1, 0.15) is 0 Å². The number of methoxy groups -OCH3 is 1. The lowest BCUT2D eigenvalue weighted by Gasteiger charge is -2.33. The van der Waals surface area contributed by atoms with E-state index < -0.39 is 10.0 Å². The first-order chi connectivity index (χ1) is 7.49. The SMILES string of the molecule is COCCS(=O)(=O)N1CCCCC1C(N)=S. The van der Waals surface area contributed by atoms with Gasteiger partial charge in [0.05, 0.1) is 23.4 Å². The number of ether oxygens (including phenoxy) is 1. The summed E-state index contributed by atoms with van der Waals surface area (Å²) in [7, 11) is -1.82. The van der Waals surface area contributed by atoms with Gasteiger partial charge in [0.2, 0.25) is 10.0 Å². The molecule has 1 saturated heterocycles. The summed E-state index contributed by atoms with van der Waals surface area (Å²) in [5.41, 5.74) is 5.58. The zero-order valence-corrected chi connectivity index (χ0v) is 11.0. The molecule has 94 valence electrons. The van der Waals surface area contributed by atoms with Crippen molar-refractivity contribution in [3.05, 3.63) is 0 Å². The summed E-state index contributed by atoms with van der Waals surface area (Å²) >= 11 is 4.91. The number of rotatable bonds is 5. The van der Waals surface area contributed by atoms with E-state index in [9.17, 15) is 8.42 Å². The minimum absolute atomic E-state index is 0.0113. The van der Waals surface area contributed by atoms with E-state index in [4.69, 9.17) is 22.7 Å². The lowest BCUT2D eigenvalue weighted by molar-refractivity contribution is 0.213. The zero-order valence-electron chi connectivity index (χ0n) is 9.39. The van der Waals surface area contributed by atoms with Crippen molar-refractivity contribution < 1.29 is 13.2 Å². The molecule has 0 bridgehead atoms. The Labute approximate surface area is 102 Å². The summed E-state index contributed by atoms with van der Waals surface area (Å²) in [6.45, 7) is 0.705. The summed E-state index contributed by atoms with van der Waals surface area (Å²) in [6, 6.07) is -0.314. The second-order valence-corrected chi connectivity index (χ2v) is 6.35. The lowest BCUT2D eigenvalue weighted by Crippen LogP contribution is -2.50. The molecule has 0 spiro atoms. The molecule has 0 aliphatic carbocycles. The molecule has 1 rings (SSSR count). The molecule has 0 radical (unpaired) electrons. The zero-order chi connectivity index (χ0) is 12.2. The van der Waals surface area contributed by atoms with Gasteiger partial charge in [-0.25, -0.2) is 8.42 Å². The van der Waals surface area contributed by atoms with Crippen LogP contribution < -0.4 is 5.73 Å². The van der Waals surface area contributed by atoms with Crippen LogP contribution in [-0.4, -0.2) is 49.8 Å². The highest BCUT2D eigenvalue weighted by Crippen LogP contribution is 2.21. The van der Waals surface area contributed by atoms with E-state index in [1.54, 1.807) is 0 Å². The van der Waals surface area contributed by atoms with Crippen LogP contribution in [0.4, 0.5) is 0 Å². The summed E-state index contributed by atoms with van der Waals surface area (Å²) in [5, 5.41) is 0. The Morgan fingerprint density at radius 3 is 2.81 bits per heavy atom. The number of hydrogen-bond donors (Lipinski definition) is 1. The monoisotopic (exact) mass is 266 g/mol. The van der Waals surface area contributed by atoms with E-state index in [0.29, 0.717) is 6.54 Å². The highest BCUT2D eigenvalue weighted by atomic mass is 32.2. The predicted octanol–water partition coefficient (Wildman–Crippen LogP) is 0.103. The number of nitrogens with zero attached hydrogens (tertiary/aromatic N) is 1. The van der Waals surface area contributed by atoms with Gasteiger partial charge >= 0.3 is 0 Å². The maximum atomic E-state index is 12.0. The van der Waals surface area contributed by atoms with Gasteiger partial charge < -0.3 is 10.5 Å². The maximum absolute atomic E-state index is 12.0. The normalized spacial score (nSPS) is 23.2. The van der Waals surface area contributed by atoms with Gasteiger partial charge in [-0.3, -0.25) is 0 Å². The van der Waals surface area contributed by atoms with E-state index in [1.165, 1.54) is 11.4 Å². The third kappa shape index (κ3) is 3.38. The number of piperidine rings is 1. The fraction of sp³-hybridized carbons (Fsp3) is 0.889. The Hall–Kier alpha value is -0.240. The number of nitrogens with two attached hydrogens (primary N) is 1. The third-order valence-electron chi connectivity index (χ3n) is 2.68. The molecule has 1 heterocycles. The predicted molar refractivity (Wildman–Crippen MR) is 66.8 cm³/mol. The average Bonchev–Trinajstić information content (AvgIpc) is 2.26. The summed E-state index contributed by atoms with van der Waals surface area (Å²) in [6.07, 6.45) is 2.56. The summed E-state index contributed by atoms with van der Waals surface area (Å²) in [4.78, 5) is 0.265. The second kappa shape index (κ2) is 5.90. The maximum Gasteiger partial charge on any atom is 0.217 e. The minimum Gasteiger partial charge on any atom is -0.392 e. The first-order valence-electron chi connectivity index (χ1n) is 5.27. The van der Waals surface area contributed by atoms with Crippen LogP contribution >= 0.6 is 12.2 Å². The molecule has 16 heavy (non-hydrogen) atoms. The topological polar surface area (TPSA) is 72.6 Å². The van der Waals surface area contributed by atoms with Crippen molar-refractivity contribution in [1.82, 2.24) is 4.31 Å². The van der Waals surface area contributed by atoms with Crippen LogP contribution in [0.5, 0.6) is 0 Å². The van der Waals surface area contributed by atoms with Gasteiger partial charge in [-0.2, -0.15) is 4.31 Å². The van der Waals surface area contributed by atoms with E-state index in [-0.39, 0.29) is 23.4 Å². The van der Waals surface area contributed by atoms with Gasteiger partial charge in [-0.15, -0.1) is 0 Å². The van der Waals surface area contributed by atoms with E-state index in [2.05, 4.69) is 0 Å². The van der Waals surface area contributed by atoms with Crippen molar-refractivity contribution in [2.24, 2.45) is 5.73 Å². The molecule has 0 aromatic carbocycles. The van der Waals surface area contributed by atoms with Gasteiger partial charge in [0.15, 0.2) is 0 Å². The Morgan fingerprint density at radius 2 is 2.25 bits per heavy atom. The minimum atomic E-state index is -3.30. The fourth-order valence-corrected chi connectivity index (χ4v) is 3.77. The largest absolute Gasteiger partial charge is 0.392 e. The van der Waals surface area contributed by atoms with E-state index >= 15 is 0 Å². The molecule has 1 unspecified atom stereocenters. The molecule has 0 saturated carbocycles. The van der Waals surface area contributed by atoms with Gasteiger partial charge in [0.25, 0.3) is 0 Å². The average molecular weight is 266 g/mol. The van der Waals surface area contributed by atoms with Crippen LogP contribution in [0.15, 0.2) is 0 Å². The molecule has 0 aromatic rings. The van der Waals surface area contributed by atoms with Crippen LogP contribution in [0.25, 0.3) is 0 Å². The van der Waals surface area contributed by atoms with Gasteiger partial charge in [-0.05, 0) is 12.8 Å². The van der Waals surface area contributed by atoms with Crippen LogP contribution in [0.2, 0.25) is 0 Å². The van der Waals surface area contributed by atoms with Crippen molar-refractivity contribution in [2.45, 2.75) is 25.3 Å². The Bertz CT molecular complexity index is 343. The fourth-order valence-electron chi connectivity index (χ4n) is 1.83. The highest BCUT2D eigenvalue weighted by molar-refractivity contribution is 7.89. The van der Waals surface area contributed by atoms with Crippen molar-refractivity contribution in [2.75, 3.05) is 26.0 Å². The molecule has 7 heteroatoms. The van der Waals surface area contributed by atoms with Crippen LogP contribution in [0, 0.1) is 0 Å². The quantitative estimate of drug-likeness (QED) is 0.715. The molecular weight excluding hydrogens is 248 g/mol. The third-order valence-corrected chi connectivity index (χ3v) is 4.79. The molecule has 5 nitrogen and oxygen atoms in total. The summed E-state index contributed by atoms with van der Waals surface area (Å²) < 4.78 is 30.2. The van der Waals surface area contributed by atoms with Crippen molar-refractivity contribution in [3.8, 4) is 0 Å². The number of hydrogen-bond acceptors (Lipinski definition) is 4. The molecule has 0 aromatic heterocycles. The first kappa shape index (κ1) is 13.8.